The zero-order valence-electron chi connectivity index (χ0n) is 36.0. The molecule has 5 rings (SSSR count). The molecule has 3 N–H and O–H groups in total. The van der Waals surface area contributed by atoms with Gasteiger partial charge in [0, 0.05) is 12.8 Å². The molecule has 1 unspecified atom stereocenters. The van der Waals surface area contributed by atoms with Gasteiger partial charge in [-0.25, -0.2) is 9.55 Å². The Kier molecular flexibility index (Phi) is 19.2. The molecule has 61 heavy (non-hydrogen) atoms. The number of unbranched alkanes of at least 4 members (excludes halogenated alkanes) is 15. The summed E-state index contributed by atoms with van der Waals surface area (Å²) >= 11 is 0. The third kappa shape index (κ3) is 14.7. The van der Waals surface area contributed by atoms with Gasteiger partial charge in [-0.2, -0.15) is 14.4 Å². The molecule has 3 heterocycles. The first-order chi connectivity index (χ1) is 29.5. The molecule has 2 aromatic heterocycles. The Morgan fingerprint density at radius 2 is 1.51 bits per heavy atom. The Labute approximate surface area is 360 Å². The Morgan fingerprint density at radius 1 is 0.902 bits per heavy atom. The van der Waals surface area contributed by atoms with Gasteiger partial charge in [0.2, 0.25) is 0 Å². The van der Waals surface area contributed by atoms with Gasteiger partial charge in [0.25, 0.3) is 0 Å². The van der Waals surface area contributed by atoms with Gasteiger partial charge in [-0.15, -0.1) is 0 Å². The minimum atomic E-state index is -4.34. The average Bonchev–Trinajstić information content (AvgIpc) is 3.82. The fraction of sp³-hybridized carbons (Fsp3) is 0.565. The van der Waals surface area contributed by atoms with Crippen molar-refractivity contribution in [2.45, 2.75) is 154 Å². The number of phosphoric acid groups is 1. The van der Waals surface area contributed by atoms with Crippen LogP contribution in [0.2, 0.25) is 0 Å². The molecule has 2 aromatic carbocycles. The summed E-state index contributed by atoms with van der Waals surface area (Å²) in [6.07, 6.45) is 19.4. The minimum Gasteiger partial charge on any atom is -0.427 e. The van der Waals surface area contributed by atoms with E-state index in [1.807, 2.05) is 12.1 Å². The first-order valence-corrected chi connectivity index (χ1v) is 23.6. The molecule has 0 bridgehead atoms. The minimum absolute atomic E-state index is 0.0166. The molecule has 4 atom stereocenters. The van der Waals surface area contributed by atoms with Crippen LogP contribution in [-0.2, 0) is 29.6 Å². The van der Waals surface area contributed by atoms with Crippen LogP contribution in [0.5, 0.6) is 11.5 Å². The van der Waals surface area contributed by atoms with E-state index in [0.29, 0.717) is 24.2 Å². The molecule has 0 amide bonds. The molecule has 0 aliphatic carbocycles. The number of anilines is 1. The second-order valence-electron chi connectivity index (χ2n) is 16.1. The highest BCUT2D eigenvalue weighted by Gasteiger charge is 2.52. The number of aliphatic hydroxyl groups is 1. The van der Waals surface area contributed by atoms with Gasteiger partial charge in [-0.1, -0.05) is 140 Å². The van der Waals surface area contributed by atoms with Crippen molar-refractivity contribution in [1.29, 1.82) is 0 Å². The van der Waals surface area contributed by atoms with Crippen LogP contribution in [0.4, 0.5) is 10.2 Å². The van der Waals surface area contributed by atoms with Gasteiger partial charge in [0.05, 0.1) is 25.6 Å². The first kappa shape index (κ1) is 47.8. The van der Waals surface area contributed by atoms with Gasteiger partial charge < -0.3 is 24.8 Å². The summed E-state index contributed by atoms with van der Waals surface area (Å²) in [5.74, 6) is 0.311. The molecule has 0 saturated carbocycles. The molecule has 334 valence electrons. The van der Waals surface area contributed by atoms with E-state index in [9.17, 15) is 18.9 Å². The zero-order valence-corrected chi connectivity index (χ0v) is 36.9. The number of rotatable bonds is 29. The van der Waals surface area contributed by atoms with Crippen molar-refractivity contribution in [2.75, 3.05) is 18.9 Å². The molecule has 4 aromatic rings. The summed E-state index contributed by atoms with van der Waals surface area (Å²) in [5, 5.41) is 11.4. The van der Waals surface area contributed by atoms with Crippen LogP contribution < -0.4 is 15.0 Å². The number of nitrogens with two attached hydrogens (primary N) is 1. The van der Waals surface area contributed by atoms with Crippen LogP contribution >= 0.6 is 7.82 Å². The summed E-state index contributed by atoms with van der Waals surface area (Å²) < 4.78 is 59.2. The number of benzene rings is 2. The summed E-state index contributed by atoms with van der Waals surface area (Å²) in [6.45, 7) is 7.43. The first-order valence-electron chi connectivity index (χ1n) is 22.1. The number of phosphoric ester groups is 1. The van der Waals surface area contributed by atoms with Crippen molar-refractivity contribution in [3.05, 3.63) is 84.7 Å². The van der Waals surface area contributed by atoms with E-state index in [1.165, 1.54) is 94.4 Å². The number of halogens is 1. The van der Waals surface area contributed by atoms with E-state index in [-0.39, 0.29) is 41.7 Å². The van der Waals surface area contributed by atoms with Crippen molar-refractivity contribution in [1.82, 2.24) is 19.5 Å². The van der Waals surface area contributed by atoms with E-state index >= 15 is 0 Å². The quantitative estimate of drug-likeness (QED) is 0.0132. The van der Waals surface area contributed by atoms with E-state index in [4.69, 9.17) is 28.8 Å². The number of imidazole rings is 1. The number of hydrogen-bond acceptors (Lipinski definition) is 12. The molecule has 1 aliphatic heterocycles. The zero-order chi connectivity index (χ0) is 43.5. The number of esters is 1. The van der Waals surface area contributed by atoms with Crippen molar-refractivity contribution < 1.29 is 41.9 Å². The van der Waals surface area contributed by atoms with Crippen LogP contribution in [0, 0.1) is 6.08 Å². The van der Waals surface area contributed by atoms with E-state index in [0.717, 1.165) is 24.8 Å². The van der Waals surface area contributed by atoms with Crippen LogP contribution in [0.1, 0.15) is 141 Å². The molecular weight excluding hydrogens is 801 g/mol. The number of aliphatic hydroxyl groups excluding tert-OH is 1. The maximum atomic E-state index is 14.2. The number of nitrogen functional groups attached to an aromatic ring is 1. The number of aromatic nitrogens is 4. The predicted octanol–water partition coefficient (Wildman–Crippen LogP) is 11.2. The Morgan fingerprint density at radius 3 is 2.11 bits per heavy atom. The third-order valence-electron chi connectivity index (χ3n) is 11.2. The van der Waals surface area contributed by atoms with Gasteiger partial charge >= 0.3 is 19.9 Å². The second-order valence-corrected chi connectivity index (χ2v) is 17.7. The lowest BCUT2D eigenvalue weighted by atomic mass is 9.91. The van der Waals surface area contributed by atoms with E-state index in [2.05, 4.69) is 28.5 Å². The Hall–Kier alpha value is -4.20. The van der Waals surface area contributed by atoms with Crippen molar-refractivity contribution in [2.24, 2.45) is 0 Å². The normalized spacial score (nSPS) is 18.6. The number of ether oxygens (including phenoxy) is 2. The fourth-order valence-electron chi connectivity index (χ4n) is 7.56. The molecule has 13 nitrogen and oxygen atoms in total. The van der Waals surface area contributed by atoms with E-state index in [1.54, 1.807) is 49.4 Å². The highest BCUT2D eigenvalue weighted by Crippen LogP contribution is 2.52. The molecular formula is C46H65FN5O8P. The summed E-state index contributed by atoms with van der Waals surface area (Å²) in [5.41, 5.74) is 5.76. The SMILES string of the molecule is C=C(C)[C@]1(COP(=O)(OCCc2ccc(OC(=O)CCCCCCCCCCCCCCCCCC)cc2)Oc2ccccc2)O[C@@H](n2cnc3c(N)nc(F)nc32)C[C@@H]1O. The third-order valence-corrected chi connectivity index (χ3v) is 12.6. The average molecular weight is 866 g/mol. The van der Waals surface area contributed by atoms with Crippen molar-refractivity contribution in [3.8, 4) is 11.5 Å². The number of carbonyl (C=O) groups excluding carboxylic acids is 1. The molecule has 0 radical (unpaired) electrons. The lowest BCUT2D eigenvalue weighted by molar-refractivity contribution is -0.134. The smallest absolute Gasteiger partial charge is 0.427 e. The summed E-state index contributed by atoms with van der Waals surface area (Å²) in [7, 11) is -4.34. The van der Waals surface area contributed by atoms with Crippen molar-refractivity contribution >= 4 is 30.8 Å². The summed E-state index contributed by atoms with van der Waals surface area (Å²) in [4.78, 5) is 24.0. The number of para-hydroxylation sites is 1. The predicted molar refractivity (Wildman–Crippen MR) is 235 cm³/mol. The Balaban J connectivity index is 1.04. The van der Waals surface area contributed by atoms with Crippen LogP contribution in [0.3, 0.4) is 0 Å². The number of fused-ring (bicyclic) bond motifs is 1. The van der Waals surface area contributed by atoms with Crippen LogP contribution in [0.25, 0.3) is 11.2 Å². The molecule has 0 spiro atoms. The van der Waals surface area contributed by atoms with Gasteiger partial charge in [-0.05, 0) is 55.2 Å². The van der Waals surface area contributed by atoms with Gasteiger partial charge in [-0.3, -0.25) is 18.4 Å². The summed E-state index contributed by atoms with van der Waals surface area (Å²) in [6, 6.07) is 15.5. The number of hydrogen-bond donors (Lipinski definition) is 2. The fourth-order valence-corrected chi connectivity index (χ4v) is 8.78. The lowest BCUT2D eigenvalue weighted by Gasteiger charge is -2.33. The molecule has 1 fully saturated rings. The topological polar surface area (TPSA) is 170 Å². The van der Waals surface area contributed by atoms with Gasteiger partial charge in [0.15, 0.2) is 17.0 Å². The molecule has 1 aliphatic rings. The molecule has 15 heteroatoms. The van der Waals surface area contributed by atoms with E-state index < -0.39 is 38.4 Å². The largest absolute Gasteiger partial charge is 0.530 e. The number of nitrogens with zero attached hydrogens (tertiary/aromatic N) is 4. The standard InChI is InChI=1S/C46H65FN5O8P/c1-4-5-6-7-8-9-10-11-12-13-14-15-16-17-18-22-25-41(54)58-37-28-26-36(27-29-37)30-31-56-61(55,60-38-23-20-19-21-24-38)57-33-46(35(2)3)39(53)32-40(59-46)52-34-49-42-43(48)50-45(47)51-44(42)52/h19-21,23-24,26-29,34,39-40,53H,2,4-18,22,25,30-33H2,1,3H3,(H2,48,50,51)/t39-,40+,46-,61?/m0/s1. The maximum Gasteiger partial charge on any atom is 0.530 e. The second kappa shape index (κ2) is 24.4. The lowest BCUT2D eigenvalue weighted by Crippen LogP contribution is -2.44. The van der Waals surface area contributed by atoms with Gasteiger partial charge in [0.1, 0.15) is 23.3 Å². The highest BCUT2D eigenvalue weighted by molar-refractivity contribution is 7.48. The monoisotopic (exact) mass is 865 g/mol. The Bertz CT molecular complexity index is 2000. The van der Waals surface area contributed by atoms with Crippen LogP contribution in [0.15, 0.2) is 73.1 Å². The highest BCUT2D eigenvalue weighted by atomic mass is 31.2. The van der Waals surface area contributed by atoms with Crippen molar-refractivity contribution in [3.63, 3.8) is 0 Å². The number of carbonyl (C=O) groups is 1. The molecule has 1 saturated heterocycles. The maximum absolute atomic E-state index is 14.2. The van der Waals surface area contributed by atoms with Crippen LogP contribution in [-0.4, -0.2) is 55.5 Å².